The maximum Gasteiger partial charge on any atom is 0.419 e. The van der Waals surface area contributed by atoms with Gasteiger partial charge < -0.3 is 5.11 Å². The molecule has 0 aliphatic rings. The molecule has 16 heavy (non-hydrogen) atoms. The Bertz CT molecular complexity index is 524. The van der Waals surface area contributed by atoms with Gasteiger partial charge in [-0.2, -0.15) is 13.2 Å². The third-order valence-electron chi connectivity index (χ3n) is 1.61. The molecule has 90 valence electrons. The summed E-state index contributed by atoms with van der Waals surface area (Å²) in [5.74, 6) is -1.10. The maximum atomic E-state index is 12.5. The number of hydrogen-bond donors (Lipinski definition) is 1. The third-order valence-corrected chi connectivity index (χ3v) is 3.29. The van der Waals surface area contributed by atoms with Gasteiger partial charge in [-0.05, 0) is 12.1 Å². The lowest BCUT2D eigenvalue weighted by Crippen LogP contribution is -2.11. The predicted molar refractivity (Wildman–Crippen MR) is 51.2 cm³/mol. The highest BCUT2D eigenvalue weighted by molar-refractivity contribution is 8.13. The third kappa shape index (κ3) is 2.53. The average molecular weight is 295 g/mol. The summed E-state index contributed by atoms with van der Waals surface area (Å²) in [4.78, 5) is -1.44. The molecule has 0 aliphatic heterocycles. The van der Waals surface area contributed by atoms with Crippen LogP contribution in [0.25, 0.3) is 0 Å². The van der Waals surface area contributed by atoms with Gasteiger partial charge in [-0.1, -0.05) is 11.6 Å². The average Bonchev–Trinajstić information content (AvgIpc) is 2.04. The highest BCUT2D eigenvalue weighted by Crippen LogP contribution is 2.43. The first-order valence-corrected chi connectivity index (χ1v) is 6.27. The van der Waals surface area contributed by atoms with E-state index in [4.69, 9.17) is 27.4 Å². The summed E-state index contributed by atoms with van der Waals surface area (Å²) in [6.45, 7) is 0. The Labute approximate surface area is 97.8 Å². The molecule has 0 heterocycles. The van der Waals surface area contributed by atoms with Gasteiger partial charge in [-0.25, -0.2) is 8.42 Å². The normalized spacial score (nSPS) is 12.8. The molecule has 0 amide bonds. The van der Waals surface area contributed by atoms with Crippen LogP contribution in [-0.2, 0) is 15.2 Å². The van der Waals surface area contributed by atoms with Crippen LogP contribution in [0.1, 0.15) is 5.56 Å². The summed E-state index contributed by atoms with van der Waals surface area (Å²) in [5.41, 5.74) is -1.68. The van der Waals surface area contributed by atoms with Crippen molar-refractivity contribution >= 4 is 31.3 Å². The van der Waals surface area contributed by atoms with Gasteiger partial charge in [-0.3, -0.25) is 0 Å². The number of benzene rings is 1. The molecule has 3 nitrogen and oxygen atoms in total. The monoisotopic (exact) mass is 294 g/mol. The van der Waals surface area contributed by atoms with Gasteiger partial charge in [0.15, 0.2) is 0 Å². The van der Waals surface area contributed by atoms with Gasteiger partial charge in [-0.15, -0.1) is 0 Å². The Morgan fingerprint density at radius 1 is 1.25 bits per heavy atom. The number of rotatable bonds is 1. The van der Waals surface area contributed by atoms with Crippen molar-refractivity contribution in [2.75, 3.05) is 0 Å². The van der Waals surface area contributed by atoms with Crippen LogP contribution >= 0.6 is 22.3 Å². The first-order valence-electron chi connectivity index (χ1n) is 3.58. The van der Waals surface area contributed by atoms with Crippen LogP contribution in [0.5, 0.6) is 5.75 Å². The predicted octanol–water partition coefficient (Wildman–Crippen LogP) is 2.99. The van der Waals surface area contributed by atoms with E-state index >= 15 is 0 Å². The second kappa shape index (κ2) is 3.97. The molecule has 0 fully saturated rings. The number of halogens is 5. The van der Waals surface area contributed by atoms with E-state index in [9.17, 15) is 21.6 Å². The second-order valence-corrected chi connectivity index (χ2v) is 5.62. The molecule has 0 saturated carbocycles. The Kier molecular flexibility index (Phi) is 3.33. The minimum absolute atomic E-state index is 0.715. The number of aromatic hydroxyl groups is 1. The molecule has 1 rings (SSSR count). The molecule has 0 aliphatic carbocycles. The van der Waals surface area contributed by atoms with Gasteiger partial charge in [0, 0.05) is 10.7 Å². The fourth-order valence-electron chi connectivity index (χ4n) is 1.06. The number of alkyl halides is 3. The van der Waals surface area contributed by atoms with Crippen molar-refractivity contribution in [3.05, 3.63) is 22.7 Å². The number of phenolic OH excluding ortho intramolecular Hbond substituents is 1. The van der Waals surface area contributed by atoms with Gasteiger partial charge in [0.1, 0.15) is 10.6 Å². The quantitative estimate of drug-likeness (QED) is 0.810. The molecule has 0 spiro atoms. The molecular weight excluding hydrogens is 292 g/mol. The first kappa shape index (κ1) is 13.4. The van der Waals surface area contributed by atoms with Crippen LogP contribution in [0.2, 0.25) is 5.02 Å². The van der Waals surface area contributed by atoms with Gasteiger partial charge >= 0.3 is 6.18 Å². The summed E-state index contributed by atoms with van der Waals surface area (Å²) in [7, 11) is 0.0486. The molecule has 1 N–H and O–H groups in total. The Morgan fingerprint density at radius 2 is 1.75 bits per heavy atom. The zero-order valence-electron chi connectivity index (χ0n) is 7.22. The standard InChI is InChI=1S/C7H3Cl2F3O3S/c8-3-1-2-4(13)6(16(9,14)15)5(3)7(10,11)12/h1-2,13H. The van der Waals surface area contributed by atoms with Gasteiger partial charge in [0.2, 0.25) is 0 Å². The van der Waals surface area contributed by atoms with Gasteiger partial charge in [0.25, 0.3) is 9.05 Å². The van der Waals surface area contributed by atoms with E-state index in [0.717, 1.165) is 6.07 Å². The molecule has 0 radical (unpaired) electrons. The highest BCUT2D eigenvalue weighted by Gasteiger charge is 2.41. The molecule has 0 unspecified atom stereocenters. The fraction of sp³-hybridized carbons (Fsp3) is 0.143. The van der Waals surface area contributed by atoms with E-state index in [0.29, 0.717) is 6.07 Å². The summed E-state index contributed by atoms with van der Waals surface area (Å²) in [5, 5.41) is 8.24. The summed E-state index contributed by atoms with van der Waals surface area (Å²) < 4.78 is 59.3. The summed E-state index contributed by atoms with van der Waals surface area (Å²) >= 11 is 5.24. The lowest BCUT2D eigenvalue weighted by Gasteiger charge is -2.13. The largest absolute Gasteiger partial charge is 0.507 e. The fourth-order valence-corrected chi connectivity index (χ4v) is 2.64. The summed E-state index contributed by atoms with van der Waals surface area (Å²) in [6, 6.07) is 1.44. The minimum Gasteiger partial charge on any atom is -0.507 e. The van der Waals surface area contributed by atoms with Crippen LogP contribution in [0.15, 0.2) is 17.0 Å². The highest BCUT2D eigenvalue weighted by atomic mass is 35.7. The van der Waals surface area contributed by atoms with Crippen molar-refractivity contribution in [2.45, 2.75) is 11.1 Å². The molecule has 0 aromatic heterocycles. The Morgan fingerprint density at radius 3 is 2.06 bits per heavy atom. The second-order valence-electron chi connectivity index (χ2n) is 2.71. The van der Waals surface area contributed by atoms with Crippen molar-refractivity contribution in [1.29, 1.82) is 0 Å². The zero-order chi connectivity index (χ0) is 12.7. The molecule has 1 aromatic carbocycles. The summed E-state index contributed by atoms with van der Waals surface area (Å²) in [6.07, 6.45) is -5.03. The lowest BCUT2D eigenvalue weighted by atomic mass is 10.2. The number of hydrogen-bond acceptors (Lipinski definition) is 3. The minimum atomic E-state index is -5.03. The molecule has 0 bridgehead atoms. The van der Waals surface area contributed by atoms with E-state index < -0.39 is 36.5 Å². The van der Waals surface area contributed by atoms with Crippen molar-refractivity contribution in [3.63, 3.8) is 0 Å². The van der Waals surface area contributed by atoms with Crippen molar-refractivity contribution in [1.82, 2.24) is 0 Å². The van der Waals surface area contributed by atoms with Crippen molar-refractivity contribution < 1.29 is 26.7 Å². The molecule has 1 aromatic rings. The Balaban J connectivity index is 3.78. The first-order chi connectivity index (χ1) is 7.05. The SMILES string of the molecule is O=S(=O)(Cl)c1c(O)ccc(Cl)c1C(F)(F)F. The van der Waals surface area contributed by atoms with Crippen LogP contribution in [0, 0.1) is 0 Å². The van der Waals surface area contributed by atoms with E-state index in [2.05, 4.69) is 0 Å². The lowest BCUT2D eigenvalue weighted by molar-refractivity contribution is -0.139. The zero-order valence-corrected chi connectivity index (χ0v) is 9.54. The molecular formula is C7H3Cl2F3O3S. The van der Waals surface area contributed by atoms with Crippen LogP contribution in [-0.4, -0.2) is 13.5 Å². The van der Waals surface area contributed by atoms with E-state index in [1.54, 1.807) is 0 Å². The van der Waals surface area contributed by atoms with E-state index in [1.165, 1.54) is 0 Å². The maximum absolute atomic E-state index is 12.5. The van der Waals surface area contributed by atoms with Crippen LogP contribution in [0.3, 0.4) is 0 Å². The molecule has 0 saturated heterocycles. The number of phenols is 1. The van der Waals surface area contributed by atoms with E-state index in [1.807, 2.05) is 0 Å². The van der Waals surface area contributed by atoms with Gasteiger partial charge in [0.05, 0.1) is 10.6 Å². The smallest absolute Gasteiger partial charge is 0.419 e. The topological polar surface area (TPSA) is 54.4 Å². The van der Waals surface area contributed by atoms with E-state index in [-0.39, 0.29) is 0 Å². The van der Waals surface area contributed by atoms with Crippen molar-refractivity contribution in [2.24, 2.45) is 0 Å². The van der Waals surface area contributed by atoms with Crippen LogP contribution < -0.4 is 0 Å². The molecule has 0 atom stereocenters. The molecule has 9 heteroatoms. The van der Waals surface area contributed by atoms with Crippen LogP contribution in [0.4, 0.5) is 13.2 Å². The Hall–Kier alpha value is -0.660. The van der Waals surface area contributed by atoms with Crippen molar-refractivity contribution in [3.8, 4) is 5.75 Å².